The SMILES string of the molecule is CC(=O)c1ccc(C(C)(c2ccc3c(c2)C(=O)N(c2ccc(C4(c5ccc(N(C)C)cc5)c5ccccc5-c5ccccc54)cc2)C3=O)C(F)(F)F)cc1C(C)=O. The Kier molecular flexibility index (Phi) is 8.68. The molecule has 1 unspecified atom stereocenters. The van der Waals surface area contributed by atoms with Crippen LogP contribution in [0, 0.1) is 0 Å². The molecule has 8 rings (SSSR count). The van der Waals surface area contributed by atoms with Crippen molar-refractivity contribution in [2.24, 2.45) is 0 Å². The number of Topliss-reactive ketones (excluding diaryl/α,β-unsaturated/α-hetero) is 2. The lowest BCUT2D eigenvalue weighted by Crippen LogP contribution is -2.41. The summed E-state index contributed by atoms with van der Waals surface area (Å²) >= 11 is 0. The Morgan fingerprint density at radius 3 is 1.60 bits per heavy atom. The number of fused-ring (bicyclic) bond motifs is 4. The third kappa shape index (κ3) is 5.47. The van der Waals surface area contributed by atoms with Crippen molar-refractivity contribution in [3.05, 3.63) is 189 Å². The van der Waals surface area contributed by atoms with Gasteiger partial charge < -0.3 is 4.90 Å². The summed E-state index contributed by atoms with van der Waals surface area (Å²) in [7, 11) is 3.97. The maximum absolute atomic E-state index is 15.2. The van der Waals surface area contributed by atoms with Crippen molar-refractivity contribution in [1.29, 1.82) is 0 Å². The van der Waals surface area contributed by atoms with E-state index in [1.807, 2.05) is 55.4 Å². The third-order valence-electron chi connectivity index (χ3n) is 11.7. The number of benzene rings is 6. The highest BCUT2D eigenvalue weighted by Crippen LogP contribution is 2.56. The van der Waals surface area contributed by atoms with Gasteiger partial charge in [-0.1, -0.05) is 91.0 Å². The lowest BCUT2D eigenvalue weighted by molar-refractivity contribution is -0.173. The first-order valence-electron chi connectivity index (χ1n) is 18.4. The third-order valence-corrected chi connectivity index (χ3v) is 11.7. The molecule has 2 amide bonds. The van der Waals surface area contributed by atoms with E-state index in [-0.39, 0.29) is 39.1 Å². The monoisotopic (exact) mass is 762 g/mol. The van der Waals surface area contributed by atoms with Crippen LogP contribution in [0.3, 0.4) is 0 Å². The van der Waals surface area contributed by atoms with Crippen LogP contribution >= 0.6 is 0 Å². The average Bonchev–Trinajstić information content (AvgIpc) is 3.64. The predicted octanol–water partition coefficient (Wildman–Crippen LogP) is 10.2. The molecule has 0 bridgehead atoms. The molecule has 6 aromatic carbocycles. The Balaban J connectivity index is 1.21. The first kappa shape index (κ1) is 37.3. The molecule has 6 aromatic rings. The van der Waals surface area contributed by atoms with Crippen molar-refractivity contribution >= 4 is 34.8 Å². The standard InChI is InChI=1S/C48H37F3N2O4/c1-28(54)36-24-18-32(26-40(36)29(2)55)46(3,48(49,50)51)33-19-25-39-41(27-33)45(57)53(44(39)56)35-22-16-31(17-23-35)47(30-14-20-34(21-15-30)52(4)5)42-12-8-6-10-37(42)38-11-7-9-13-43(38)47/h6-27H,1-5H3. The summed E-state index contributed by atoms with van der Waals surface area (Å²) < 4.78 is 45.5. The number of halogens is 3. The van der Waals surface area contributed by atoms with Gasteiger partial charge in [-0.2, -0.15) is 13.2 Å². The molecule has 0 aromatic heterocycles. The molecule has 57 heavy (non-hydrogen) atoms. The topological polar surface area (TPSA) is 74.8 Å². The first-order chi connectivity index (χ1) is 27.1. The van der Waals surface area contributed by atoms with Crippen LogP contribution in [0.5, 0.6) is 0 Å². The van der Waals surface area contributed by atoms with Crippen LogP contribution in [0.1, 0.15) is 95.6 Å². The van der Waals surface area contributed by atoms with Gasteiger partial charge in [0.05, 0.1) is 22.2 Å². The maximum atomic E-state index is 15.2. The molecule has 0 spiro atoms. The predicted molar refractivity (Wildman–Crippen MR) is 215 cm³/mol. The summed E-state index contributed by atoms with van der Waals surface area (Å²) in [4.78, 5) is 55.7. The Bertz CT molecular complexity index is 2620. The molecule has 0 fully saturated rings. The molecule has 0 N–H and O–H groups in total. The molecule has 0 saturated carbocycles. The van der Waals surface area contributed by atoms with Crippen molar-refractivity contribution in [2.75, 3.05) is 23.9 Å². The van der Waals surface area contributed by atoms with Gasteiger partial charge in [-0.05, 0) is 108 Å². The van der Waals surface area contributed by atoms with Gasteiger partial charge >= 0.3 is 6.18 Å². The highest BCUT2D eigenvalue weighted by molar-refractivity contribution is 6.34. The van der Waals surface area contributed by atoms with Crippen molar-refractivity contribution in [2.45, 2.75) is 37.8 Å². The molecule has 1 atom stereocenters. The number of ketones is 2. The molecule has 2 aliphatic rings. The smallest absolute Gasteiger partial charge is 0.378 e. The molecule has 6 nitrogen and oxygen atoms in total. The van der Waals surface area contributed by atoms with Gasteiger partial charge in [-0.3, -0.25) is 19.2 Å². The van der Waals surface area contributed by atoms with Crippen molar-refractivity contribution in [3.8, 4) is 11.1 Å². The second kappa shape index (κ2) is 13.3. The minimum absolute atomic E-state index is 0.0154. The Labute approximate surface area is 328 Å². The fourth-order valence-electron chi connectivity index (χ4n) is 8.63. The number of amides is 2. The van der Waals surface area contributed by atoms with Crippen LogP contribution in [0.25, 0.3) is 11.1 Å². The quantitative estimate of drug-likeness (QED) is 0.114. The van der Waals surface area contributed by atoms with E-state index < -0.39 is 40.4 Å². The number of hydrogen-bond donors (Lipinski definition) is 0. The van der Waals surface area contributed by atoms with Crippen LogP contribution in [0.15, 0.2) is 133 Å². The zero-order valence-corrected chi connectivity index (χ0v) is 31.9. The molecular formula is C48H37F3N2O4. The van der Waals surface area contributed by atoms with Crippen LogP contribution in [-0.4, -0.2) is 43.7 Å². The van der Waals surface area contributed by atoms with Crippen molar-refractivity contribution in [3.63, 3.8) is 0 Å². The number of carbonyl (C=O) groups excluding carboxylic acids is 4. The molecule has 9 heteroatoms. The number of rotatable bonds is 8. The van der Waals surface area contributed by atoms with Crippen molar-refractivity contribution < 1.29 is 32.3 Å². The van der Waals surface area contributed by atoms with Gasteiger partial charge in [0.15, 0.2) is 11.6 Å². The van der Waals surface area contributed by atoms with Crippen molar-refractivity contribution in [1.82, 2.24) is 0 Å². The normalized spacial score (nSPS) is 15.1. The summed E-state index contributed by atoms with van der Waals surface area (Å²) in [6, 6.07) is 39.2. The molecule has 0 radical (unpaired) electrons. The van der Waals surface area contributed by atoms with E-state index in [0.717, 1.165) is 63.0 Å². The van der Waals surface area contributed by atoms with Crippen LogP contribution < -0.4 is 9.80 Å². The molecule has 0 saturated heterocycles. The number of hydrogen-bond acceptors (Lipinski definition) is 5. The Morgan fingerprint density at radius 2 is 1.07 bits per heavy atom. The number of carbonyl (C=O) groups is 4. The minimum atomic E-state index is -4.89. The number of anilines is 2. The van der Waals surface area contributed by atoms with E-state index in [1.54, 1.807) is 12.1 Å². The van der Waals surface area contributed by atoms with E-state index in [2.05, 4.69) is 48.5 Å². The van der Waals surface area contributed by atoms with E-state index in [0.29, 0.717) is 0 Å². The zero-order chi connectivity index (χ0) is 40.6. The molecular weight excluding hydrogens is 726 g/mol. The van der Waals surface area contributed by atoms with Gasteiger partial charge in [0.1, 0.15) is 5.41 Å². The fourth-order valence-corrected chi connectivity index (χ4v) is 8.63. The highest BCUT2D eigenvalue weighted by Gasteiger charge is 2.54. The van der Waals surface area contributed by atoms with Gasteiger partial charge in [0.2, 0.25) is 0 Å². The number of nitrogens with zero attached hydrogens (tertiary/aromatic N) is 2. The maximum Gasteiger partial charge on any atom is 0.402 e. The van der Waals surface area contributed by atoms with Crippen LogP contribution in [-0.2, 0) is 10.8 Å². The van der Waals surface area contributed by atoms with E-state index in [1.165, 1.54) is 38.1 Å². The van der Waals surface area contributed by atoms with E-state index in [4.69, 9.17) is 0 Å². The minimum Gasteiger partial charge on any atom is -0.378 e. The average molecular weight is 763 g/mol. The van der Waals surface area contributed by atoms with Gasteiger partial charge in [-0.15, -0.1) is 0 Å². The summed E-state index contributed by atoms with van der Waals surface area (Å²) in [6.45, 7) is 3.38. The molecule has 1 aliphatic heterocycles. The second-order valence-electron chi connectivity index (χ2n) is 15.0. The first-order valence-corrected chi connectivity index (χ1v) is 18.4. The summed E-state index contributed by atoms with van der Waals surface area (Å²) in [6.07, 6.45) is -4.89. The van der Waals surface area contributed by atoms with Gasteiger partial charge in [0, 0.05) is 30.9 Å². The summed E-state index contributed by atoms with van der Waals surface area (Å²) in [5.74, 6) is -2.42. The van der Waals surface area contributed by atoms with E-state index >= 15 is 13.2 Å². The Morgan fingerprint density at radius 1 is 0.579 bits per heavy atom. The number of imide groups is 1. The van der Waals surface area contributed by atoms with Crippen LogP contribution in [0.2, 0.25) is 0 Å². The highest BCUT2D eigenvalue weighted by atomic mass is 19.4. The zero-order valence-electron chi connectivity index (χ0n) is 31.9. The lowest BCUT2D eigenvalue weighted by Gasteiger charge is -2.34. The fraction of sp³-hybridized carbons (Fsp3) is 0.167. The number of alkyl halides is 3. The van der Waals surface area contributed by atoms with Crippen LogP contribution in [0.4, 0.5) is 24.5 Å². The molecule has 1 aliphatic carbocycles. The Hall–Kier alpha value is -6.61. The van der Waals surface area contributed by atoms with E-state index in [9.17, 15) is 19.2 Å². The summed E-state index contributed by atoms with van der Waals surface area (Å²) in [5.41, 5.74) is 3.31. The largest absolute Gasteiger partial charge is 0.402 e. The second-order valence-corrected chi connectivity index (χ2v) is 15.0. The molecule has 284 valence electrons. The van der Waals surface area contributed by atoms with Gasteiger partial charge in [-0.25, -0.2) is 4.90 Å². The molecule has 1 heterocycles. The van der Waals surface area contributed by atoms with Gasteiger partial charge in [0.25, 0.3) is 11.8 Å². The summed E-state index contributed by atoms with van der Waals surface area (Å²) in [5, 5.41) is 0. The lowest BCUT2D eigenvalue weighted by atomic mass is 9.67.